The van der Waals surface area contributed by atoms with Crippen LogP contribution in [0, 0.1) is 5.92 Å². The molecule has 0 fully saturated rings. The number of hydrogen-bond acceptors (Lipinski definition) is 2. The second-order valence-corrected chi connectivity index (χ2v) is 5.36. The summed E-state index contributed by atoms with van der Waals surface area (Å²) in [5.41, 5.74) is 1.46. The van der Waals surface area contributed by atoms with Crippen molar-refractivity contribution in [3.63, 3.8) is 0 Å². The van der Waals surface area contributed by atoms with Crippen LogP contribution < -0.4 is 4.72 Å². The molecule has 1 aliphatic rings. The second-order valence-electron chi connectivity index (χ2n) is 3.51. The molecule has 0 bridgehead atoms. The lowest BCUT2D eigenvalue weighted by Crippen LogP contribution is -2.12. The molecule has 1 nitrogen and oxygen atoms in total. The third kappa shape index (κ3) is 2.27. The van der Waals surface area contributed by atoms with Crippen LogP contribution in [0.3, 0.4) is 0 Å². The Morgan fingerprint density at radius 3 is 3.23 bits per heavy atom. The summed E-state index contributed by atoms with van der Waals surface area (Å²) in [5, 5.41) is 0. The van der Waals surface area contributed by atoms with Crippen LogP contribution in [0.2, 0.25) is 0 Å². The average molecular weight is 258 g/mol. The van der Waals surface area contributed by atoms with E-state index >= 15 is 0 Å². The highest BCUT2D eigenvalue weighted by atomic mass is 79.9. The summed E-state index contributed by atoms with van der Waals surface area (Å²) in [6.45, 7) is 3.38. The van der Waals surface area contributed by atoms with Gasteiger partial charge in [-0.15, -0.1) is 0 Å². The van der Waals surface area contributed by atoms with E-state index in [4.69, 9.17) is 0 Å². The van der Waals surface area contributed by atoms with Gasteiger partial charge in [0.05, 0.1) is 0 Å². The molecule has 0 saturated carbocycles. The highest BCUT2D eigenvalue weighted by molar-refractivity contribution is 9.10. The molecule has 0 aromatic heterocycles. The van der Waals surface area contributed by atoms with Gasteiger partial charge in [0.15, 0.2) is 0 Å². The smallest absolute Gasteiger partial charge is 0.0271 e. The Bertz CT molecular complexity index is 314. The van der Waals surface area contributed by atoms with Gasteiger partial charge in [0.25, 0.3) is 0 Å². The highest BCUT2D eigenvalue weighted by Crippen LogP contribution is 2.28. The minimum atomic E-state index is 0.731. The predicted molar refractivity (Wildman–Crippen MR) is 60.9 cm³/mol. The molecule has 1 N–H and O–H groups in total. The summed E-state index contributed by atoms with van der Waals surface area (Å²) in [6.07, 6.45) is 1.18. The van der Waals surface area contributed by atoms with Gasteiger partial charge in [-0.25, -0.2) is 0 Å². The molecule has 70 valence electrons. The standard InChI is InChI=1S/C10H12BrNS/c1-7-4-8-2-3-9(11)5-10(8)13-12-6-7/h2-3,5,7,12H,4,6H2,1H3/t7-/m0/s1. The Labute approximate surface area is 91.6 Å². The van der Waals surface area contributed by atoms with Crippen molar-refractivity contribution in [2.24, 2.45) is 5.92 Å². The number of benzene rings is 1. The van der Waals surface area contributed by atoms with E-state index < -0.39 is 0 Å². The summed E-state index contributed by atoms with van der Waals surface area (Å²) in [5.74, 6) is 0.731. The van der Waals surface area contributed by atoms with Crippen molar-refractivity contribution < 1.29 is 0 Å². The first-order chi connectivity index (χ1) is 6.25. The molecule has 0 unspecified atom stereocenters. The molecule has 3 heteroatoms. The monoisotopic (exact) mass is 257 g/mol. The Morgan fingerprint density at radius 2 is 2.38 bits per heavy atom. The molecule has 0 amide bonds. The molecule has 0 radical (unpaired) electrons. The Kier molecular flexibility index (Phi) is 2.96. The second kappa shape index (κ2) is 4.03. The first-order valence-corrected chi connectivity index (χ1v) is 6.05. The van der Waals surface area contributed by atoms with Crippen molar-refractivity contribution in [1.82, 2.24) is 4.72 Å². The SMILES string of the molecule is C[C@@H]1CNSc2cc(Br)ccc2C1. The number of nitrogens with one attached hydrogen (secondary N) is 1. The van der Waals surface area contributed by atoms with Gasteiger partial charge in [-0.2, -0.15) is 0 Å². The zero-order chi connectivity index (χ0) is 9.26. The van der Waals surface area contributed by atoms with E-state index in [0.29, 0.717) is 0 Å². The molecule has 0 saturated heterocycles. The lowest BCUT2D eigenvalue weighted by atomic mass is 10.0. The lowest BCUT2D eigenvalue weighted by molar-refractivity contribution is 0.578. The number of halogens is 1. The summed E-state index contributed by atoms with van der Waals surface area (Å²) < 4.78 is 4.54. The molecular weight excluding hydrogens is 246 g/mol. The summed E-state index contributed by atoms with van der Waals surface area (Å²) in [4.78, 5) is 1.36. The maximum atomic E-state index is 3.49. The molecule has 2 rings (SSSR count). The van der Waals surface area contributed by atoms with E-state index in [1.54, 1.807) is 11.9 Å². The molecule has 0 spiro atoms. The Morgan fingerprint density at radius 1 is 1.54 bits per heavy atom. The van der Waals surface area contributed by atoms with Crippen molar-refractivity contribution >= 4 is 27.9 Å². The van der Waals surface area contributed by atoms with Gasteiger partial charge < -0.3 is 0 Å². The van der Waals surface area contributed by atoms with Gasteiger partial charge in [-0.1, -0.05) is 28.9 Å². The molecular formula is C10H12BrNS. The van der Waals surface area contributed by atoms with Gasteiger partial charge >= 0.3 is 0 Å². The van der Waals surface area contributed by atoms with E-state index in [9.17, 15) is 0 Å². The van der Waals surface area contributed by atoms with Crippen LogP contribution in [-0.2, 0) is 6.42 Å². The van der Waals surface area contributed by atoms with E-state index in [1.165, 1.54) is 16.9 Å². The number of hydrogen-bond donors (Lipinski definition) is 1. The molecule has 1 aromatic carbocycles. The zero-order valence-electron chi connectivity index (χ0n) is 7.51. The fourth-order valence-electron chi connectivity index (χ4n) is 1.50. The van der Waals surface area contributed by atoms with Gasteiger partial charge in [0, 0.05) is 15.9 Å². The van der Waals surface area contributed by atoms with Crippen molar-refractivity contribution in [1.29, 1.82) is 0 Å². The van der Waals surface area contributed by atoms with Crippen LogP contribution in [0.25, 0.3) is 0 Å². The third-order valence-electron chi connectivity index (χ3n) is 2.21. The van der Waals surface area contributed by atoms with Gasteiger partial charge in [-0.3, -0.25) is 4.72 Å². The van der Waals surface area contributed by atoms with Crippen molar-refractivity contribution in [2.75, 3.05) is 6.54 Å². The maximum Gasteiger partial charge on any atom is 0.0271 e. The van der Waals surface area contributed by atoms with Crippen LogP contribution in [-0.4, -0.2) is 6.54 Å². The van der Waals surface area contributed by atoms with Gasteiger partial charge in [-0.05, 0) is 42.0 Å². The van der Waals surface area contributed by atoms with Crippen LogP contribution in [0.15, 0.2) is 27.6 Å². The van der Waals surface area contributed by atoms with Crippen molar-refractivity contribution in [2.45, 2.75) is 18.2 Å². The highest BCUT2D eigenvalue weighted by Gasteiger charge is 2.13. The number of rotatable bonds is 0. The van der Waals surface area contributed by atoms with E-state index in [-0.39, 0.29) is 0 Å². The lowest BCUT2D eigenvalue weighted by Gasteiger charge is -2.06. The molecule has 1 aromatic rings. The summed E-state index contributed by atoms with van der Waals surface area (Å²) in [6, 6.07) is 6.53. The molecule has 0 aliphatic carbocycles. The van der Waals surface area contributed by atoms with Crippen molar-refractivity contribution in [3.8, 4) is 0 Å². The van der Waals surface area contributed by atoms with E-state index in [2.05, 4.69) is 45.8 Å². The van der Waals surface area contributed by atoms with E-state index in [1.807, 2.05) is 0 Å². The fraction of sp³-hybridized carbons (Fsp3) is 0.400. The normalized spacial score (nSPS) is 22.2. The van der Waals surface area contributed by atoms with Crippen LogP contribution in [0.1, 0.15) is 12.5 Å². The van der Waals surface area contributed by atoms with Crippen LogP contribution in [0.5, 0.6) is 0 Å². The molecule has 13 heavy (non-hydrogen) atoms. The molecule has 1 atom stereocenters. The van der Waals surface area contributed by atoms with Gasteiger partial charge in [0.2, 0.25) is 0 Å². The first kappa shape index (κ1) is 9.56. The van der Waals surface area contributed by atoms with Crippen molar-refractivity contribution in [3.05, 3.63) is 28.2 Å². The van der Waals surface area contributed by atoms with Gasteiger partial charge in [0.1, 0.15) is 0 Å². The van der Waals surface area contributed by atoms with Crippen LogP contribution in [0.4, 0.5) is 0 Å². The summed E-state index contributed by atoms with van der Waals surface area (Å²) >= 11 is 5.24. The largest absolute Gasteiger partial charge is 0.260 e. The minimum Gasteiger partial charge on any atom is -0.260 e. The third-order valence-corrected chi connectivity index (χ3v) is 3.62. The topological polar surface area (TPSA) is 12.0 Å². The predicted octanol–water partition coefficient (Wildman–Crippen LogP) is 3.24. The molecule has 1 heterocycles. The van der Waals surface area contributed by atoms with E-state index in [0.717, 1.165) is 16.9 Å². The first-order valence-electron chi connectivity index (χ1n) is 4.44. The average Bonchev–Trinajstić information content (AvgIpc) is 2.25. The summed E-state index contributed by atoms with van der Waals surface area (Å²) in [7, 11) is 0. The van der Waals surface area contributed by atoms with Crippen LogP contribution >= 0.6 is 27.9 Å². The fourth-order valence-corrected chi connectivity index (χ4v) is 3.01. The quantitative estimate of drug-likeness (QED) is 0.717. The zero-order valence-corrected chi connectivity index (χ0v) is 9.91. The Balaban J connectivity index is 2.34. The Hall–Kier alpha value is 0.01000. The number of fused-ring (bicyclic) bond motifs is 1. The minimum absolute atomic E-state index is 0.731. The maximum absolute atomic E-state index is 3.49. The molecule has 1 aliphatic heterocycles.